The summed E-state index contributed by atoms with van der Waals surface area (Å²) in [6, 6.07) is 5.83. The summed E-state index contributed by atoms with van der Waals surface area (Å²) in [5.41, 5.74) is -2.07. The lowest BCUT2D eigenvalue weighted by Gasteiger charge is -2.36. The van der Waals surface area contributed by atoms with Crippen LogP contribution in [0.25, 0.3) is 0 Å². The first kappa shape index (κ1) is 38.9. The number of rotatable bonds is 9. The Hall–Kier alpha value is -7.36. The molecule has 5 rings (SSSR count). The highest BCUT2D eigenvalue weighted by Gasteiger charge is 2.41. The number of phenolic OH excluding ortho intramolecular Hbond substituents is 10. The predicted molar refractivity (Wildman–Crippen MR) is 174 cm³/mol. The maximum absolute atomic E-state index is 12.9. The maximum atomic E-state index is 12.9. The van der Waals surface area contributed by atoms with Crippen LogP contribution in [0.5, 0.6) is 69.0 Å². The van der Waals surface area contributed by atoms with Gasteiger partial charge in [0.2, 0.25) is 11.5 Å². The van der Waals surface area contributed by atoms with Crippen LogP contribution in [0, 0.1) is 0 Å². The molecule has 1 aliphatic heterocycles. The minimum atomic E-state index is -1.87. The average molecular weight is 773 g/mol. The molecular weight excluding hydrogens is 744 g/mol. The molecule has 55 heavy (non-hydrogen) atoms. The van der Waals surface area contributed by atoms with E-state index >= 15 is 0 Å². The molecule has 4 aromatic rings. The molecule has 0 aromatic heterocycles. The number of esters is 4. The number of phenols is 10. The van der Waals surface area contributed by atoms with Crippen molar-refractivity contribution in [2.45, 2.75) is 24.4 Å². The van der Waals surface area contributed by atoms with Gasteiger partial charge in [0.05, 0.1) is 28.9 Å². The fourth-order valence-corrected chi connectivity index (χ4v) is 4.89. The summed E-state index contributed by atoms with van der Waals surface area (Å²) in [6.07, 6.45) is -6.76. The summed E-state index contributed by atoms with van der Waals surface area (Å²) in [6.45, 7) is -1.36. The standard InChI is InChI=1S/C34H28O21/c35-15-1-11(2-16(36)25(15)41)32(48)53-21-7-13(5-19(39)27(21)43)31(47)52-9-23-29(45)30(46)24(10-51-23)55-34(50)14-6-20(40)28(44)22(8-14)54-33(49)12-3-17(37)26(42)18(38)4-12/h1-8,23-24,29-30,35-46H,9-10H2. The van der Waals surface area contributed by atoms with Crippen LogP contribution in [0.3, 0.4) is 0 Å². The molecule has 0 bridgehead atoms. The minimum absolute atomic E-state index is 0.505. The van der Waals surface area contributed by atoms with Crippen LogP contribution in [0.2, 0.25) is 0 Å². The maximum Gasteiger partial charge on any atom is 0.343 e. The van der Waals surface area contributed by atoms with E-state index in [9.17, 15) is 80.5 Å². The molecule has 0 aliphatic carbocycles. The topological polar surface area (TPSA) is 357 Å². The van der Waals surface area contributed by atoms with Gasteiger partial charge in [-0.05, 0) is 48.5 Å². The molecule has 0 saturated carbocycles. The fourth-order valence-electron chi connectivity index (χ4n) is 4.89. The van der Waals surface area contributed by atoms with Crippen molar-refractivity contribution in [2.75, 3.05) is 13.2 Å². The van der Waals surface area contributed by atoms with Gasteiger partial charge in [-0.1, -0.05) is 0 Å². The quantitative estimate of drug-likeness (QED) is 0.0632. The van der Waals surface area contributed by atoms with Crippen molar-refractivity contribution in [3.8, 4) is 69.0 Å². The largest absolute Gasteiger partial charge is 0.504 e. The molecule has 4 aromatic carbocycles. The summed E-state index contributed by atoms with van der Waals surface area (Å²) in [4.78, 5) is 50.8. The van der Waals surface area contributed by atoms with Gasteiger partial charge in [-0.15, -0.1) is 0 Å². The number of benzene rings is 4. The van der Waals surface area contributed by atoms with Crippen LogP contribution in [0.1, 0.15) is 41.4 Å². The number of hydrogen-bond acceptors (Lipinski definition) is 21. The highest BCUT2D eigenvalue weighted by Crippen LogP contribution is 2.41. The van der Waals surface area contributed by atoms with E-state index in [-0.39, 0.29) is 0 Å². The van der Waals surface area contributed by atoms with E-state index in [0.29, 0.717) is 18.2 Å². The van der Waals surface area contributed by atoms with Crippen LogP contribution in [-0.4, -0.2) is 123 Å². The second-order valence-electron chi connectivity index (χ2n) is 11.6. The first-order chi connectivity index (χ1) is 25.9. The van der Waals surface area contributed by atoms with E-state index < -0.39 is 153 Å². The smallest absolute Gasteiger partial charge is 0.343 e. The summed E-state index contributed by atoms with van der Waals surface area (Å²) in [7, 11) is 0. The molecule has 0 amide bonds. The van der Waals surface area contributed by atoms with Gasteiger partial charge >= 0.3 is 23.9 Å². The predicted octanol–water partition coefficient (Wildman–Crippen LogP) is 0.684. The van der Waals surface area contributed by atoms with Crippen molar-refractivity contribution in [3.63, 3.8) is 0 Å². The van der Waals surface area contributed by atoms with Crippen molar-refractivity contribution in [1.82, 2.24) is 0 Å². The van der Waals surface area contributed by atoms with E-state index in [0.717, 1.165) is 30.3 Å². The summed E-state index contributed by atoms with van der Waals surface area (Å²) in [5.74, 6) is -16.1. The number of aliphatic hydroxyl groups excluding tert-OH is 2. The molecule has 12 N–H and O–H groups in total. The number of carbonyl (C=O) groups is 4. The molecule has 290 valence electrons. The third kappa shape index (κ3) is 8.17. The monoisotopic (exact) mass is 772 g/mol. The highest BCUT2D eigenvalue weighted by atomic mass is 16.6. The van der Waals surface area contributed by atoms with Crippen molar-refractivity contribution >= 4 is 23.9 Å². The lowest BCUT2D eigenvalue weighted by molar-refractivity contribution is -0.196. The molecular formula is C34H28O21. The molecule has 4 atom stereocenters. The second-order valence-corrected chi connectivity index (χ2v) is 11.6. The number of ether oxygens (including phenoxy) is 5. The minimum Gasteiger partial charge on any atom is -0.504 e. The molecule has 4 unspecified atom stereocenters. The Kier molecular flexibility index (Phi) is 10.8. The summed E-state index contributed by atoms with van der Waals surface area (Å²) >= 11 is 0. The zero-order chi connectivity index (χ0) is 40.5. The molecule has 21 heteroatoms. The van der Waals surface area contributed by atoms with E-state index in [1.807, 2.05) is 0 Å². The van der Waals surface area contributed by atoms with Gasteiger partial charge < -0.3 is 85.0 Å². The van der Waals surface area contributed by atoms with Crippen LogP contribution < -0.4 is 9.47 Å². The van der Waals surface area contributed by atoms with Crippen molar-refractivity contribution in [1.29, 1.82) is 0 Å². The number of aliphatic hydroxyl groups is 2. The Labute approximate surface area is 305 Å². The number of hydrogen-bond donors (Lipinski definition) is 12. The van der Waals surface area contributed by atoms with Gasteiger partial charge in [0.25, 0.3) is 0 Å². The Morgan fingerprint density at radius 2 is 0.873 bits per heavy atom. The average Bonchev–Trinajstić information content (AvgIpc) is 3.13. The van der Waals surface area contributed by atoms with E-state index in [1.54, 1.807) is 0 Å². The van der Waals surface area contributed by atoms with E-state index in [1.165, 1.54) is 0 Å². The molecule has 1 fully saturated rings. The van der Waals surface area contributed by atoms with Crippen molar-refractivity contribution in [3.05, 3.63) is 70.8 Å². The van der Waals surface area contributed by atoms with Gasteiger partial charge in [0.15, 0.2) is 63.6 Å². The molecule has 1 saturated heterocycles. The van der Waals surface area contributed by atoms with Gasteiger partial charge in [-0.2, -0.15) is 0 Å². The normalized spacial score (nSPS) is 17.9. The van der Waals surface area contributed by atoms with Crippen molar-refractivity contribution in [2.24, 2.45) is 0 Å². The van der Waals surface area contributed by atoms with Crippen LogP contribution in [0.4, 0.5) is 0 Å². The van der Waals surface area contributed by atoms with E-state index in [4.69, 9.17) is 23.7 Å². The van der Waals surface area contributed by atoms with Crippen molar-refractivity contribution < 1.29 is 104 Å². The molecule has 0 radical (unpaired) electrons. The second kappa shape index (κ2) is 15.3. The van der Waals surface area contributed by atoms with Crippen LogP contribution >= 0.6 is 0 Å². The Balaban J connectivity index is 1.20. The Morgan fingerprint density at radius 1 is 0.509 bits per heavy atom. The fraction of sp³-hybridized carbons (Fsp3) is 0.176. The Bertz CT molecular complexity index is 2150. The highest BCUT2D eigenvalue weighted by molar-refractivity contribution is 5.96. The molecule has 1 aliphatic rings. The number of carbonyl (C=O) groups excluding carboxylic acids is 4. The third-order valence-corrected chi connectivity index (χ3v) is 7.82. The third-order valence-electron chi connectivity index (χ3n) is 7.82. The molecule has 21 nitrogen and oxygen atoms in total. The number of aromatic hydroxyl groups is 10. The van der Waals surface area contributed by atoms with Crippen LogP contribution in [0.15, 0.2) is 48.5 Å². The SMILES string of the molecule is O=C(OCC1OCC(OC(=O)c2cc(O)c(O)c(OC(=O)c3cc(O)c(O)c(O)c3)c2)C(O)C1O)c1cc(O)c(O)c(OC(=O)c2cc(O)c(O)c(O)c2)c1. The first-order valence-corrected chi connectivity index (χ1v) is 15.3. The van der Waals surface area contributed by atoms with E-state index in [2.05, 4.69) is 0 Å². The van der Waals surface area contributed by atoms with Gasteiger partial charge in [-0.3, -0.25) is 0 Å². The van der Waals surface area contributed by atoms with Crippen LogP contribution in [-0.2, 0) is 14.2 Å². The lowest BCUT2D eigenvalue weighted by Crippen LogP contribution is -2.55. The molecule has 1 heterocycles. The molecule has 0 spiro atoms. The zero-order valence-corrected chi connectivity index (χ0v) is 27.4. The lowest BCUT2D eigenvalue weighted by atomic mass is 10.0. The van der Waals surface area contributed by atoms with Gasteiger partial charge in [-0.25, -0.2) is 19.2 Å². The van der Waals surface area contributed by atoms with Gasteiger partial charge in [0.1, 0.15) is 24.9 Å². The first-order valence-electron chi connectivity index (χ1n) is 15.3. The summed E-state index contributed by atoms with van der Waals surface area (Å²) < 4.78 is 25.5. The zero-order valence-electron chi connectivity index (χ0n) is 27.4. The Morgan fingerprint density at radius 3 is 1.29 bits per heavy atom. The van der Waals surface area contributed by atoms with Gasteiger partial charge in [0, 0.05) is 0 Å². The summed E-state index contributed by atoms with van der Waals surface area (Å²) in [5, 5.41) is 119.